The van der Waals surface area contributed by atoms with Gasteiger partial charge in [0.2, 0.25) is 11.7 Å². The molecule has 2 saturated heterocycles. The molecular formula is C8H13NO6. The second-order valence-corrected chi connectivity index (χ2v) is 3.77. The largest absolute Gasteiger partial charge is 0.388 e. The number of amides is 1. The van der Waals surface area contributed by atoms with Crippen LogP contribution in [-0.4, -0.2) is 58.2 Å². The molecule has 0 aromatic heterocycles. The number of epoxide rings is 1. The first kappa shape index (κ1) is 10.8. The van der Waals surface area contributed by atoms with Gasteiger partial charge in [0.1, 0.15) is 24.9 Å². The second-order valence-electron chi connectivity index (χ2n) is 3.77. The maximum Gasteiger partial charge on any atom is 0.224 e. The first-order valence-electron chi connectivity index (χ1n) is 4.59. The Balaban J connectivity index is 2.09. The van der Waals surface area contributed by atoms with Crippen molar-refractivity contribution in [3.63, 3.8) is 0 Å². The maximum absolute atomic E-state index is 10.8. The summed E-state index contributed by atoms with van der Waals surface area (Å²) in [6.07, 6.45) is -3.99. The molecular weight excluding hydrogens is 206 g/mol. The SMILES string of the molecule is CC(=O)N[C@@H]1[C@@H](O)[C@@H](O)[C@@]2(CO2)O[C@H]1O. The summed E-state index contributed by atoms with van der Waals surface area (Å²) < 4.78 is 9.83. The van der Waals surface area contributed by atoms with E-state index >= 15 is 0 Å². The van der Waals surface area contributed by atoms with Crippen molar-refractivity contribution >= 4 is 5.91 Å². The minimum absolute atomic E-state index is 0.120. The molecule has 0 aromatic rings. The Morgan fingerprint density at radius 2 is 2.07 bits per heavy atom. The van der Waals surface area contributed by atoms with E-state index in [4.69, 9.17) is 9.47 Å². The van der Waals surface area contributed by atoms with Gasteiger partial charge in [-0.15, -0.1) is 0 Å². The van der Waals surface area contributed by atoms with Crippen LogP contribution in [-0.2, 0) is 14.3 Å². The summed E-state index contributed by atoms with van der Waals surface area (Å²) in [7, 11) is 0. The van der Waals surface area contributed by atoms with E-state index in [2.05, 4.69) is 5.32 Å². The number of aliphatic hydroxyl groups is 3. The molecule has 2 aliphatic heterocycles. The van der Waals surface area contributed by atoms with Crippen LogP contribution in [0.2, 0.25) is 0 Å². The average molecular weight is 219 g/mol. The molecule has 0 radical (unpaired) electrons. The predicted molar refractivity (Wildman–Crippen MR) is 45.4 cm³/mol. The summed E-state index contributed by atoms with van der Waals surface area (Å²) in [4.78, 5) is 10.8. The molecule has 2 heterocycles. The van der Waals surface area contributed by atoms with Crippen LogP contribution in [0.15, 0.2) is 0 Å². The molecule has 0 unspecified atom stereocenters. The highest BCUT2D eigenvalue weighted by molar-refractivity contribution is 5.73. The zero-order chi connectivity index (χ0) is 11.2. The molecule has 4 N–H and O–H groups in total. The Morgan fingerprint density at radius 1 is 1.47 bits per heavy atom. The molecule has 7 heteroatoms. The van der Waals surface area contributed by atoms with Gasteiger partial charge in [0.05, 0.1) is 0 Å². The summed E-state index contributed by atoms with van der Waals surface area (Å²) in [5, 5.41) is 31.0. The summed E-state index contributed by atoms with van der Waals surface area (Å²) in [5.74, 6) is -1.73. The van der Waals surface area contributed by atoms with Gasteiger partial charge in [0, 0.05) is 6.92 Å². The Labute approximate surface area is 85.6 Å². The van der Waals surface area contributed by atoms with Crippen molar-refractivity contribution in [2.45, 2.75) is 37.3 Å². The number of carbonyl (C=O) groups is 1. The lowest BCUT2D eigenvalue weighted by molar-refractivity contribution is -0.286. The third-order valence-corrected chi connectivity index (χ3v) is 2.57. The Hall–Kier alpha value is -0.730. The van der Waals surface area contributed by atoms with Crippen LogP contribution >= 0.6 is 0 Å². The molecule has 1 spiro atoms. The van der Waals surface area contributed by atoms with Crippen molar-refractivity contribution in [2.24, 2.45) is 0 Å². The molecule has 2 fully saturated rings. The van der Waals surface area contributed by atoms with E-state index in [0.717, 1.165) is 0 Å². The lowest BCUT2D eigenvalue weighted by Crippen LogP contribution is -2.64. The fraction of sp³-hybridized carbons (Fsp3) is 0.875. The van der Waals surface area contributed by atoms with Crippen molar-refractivity contribution in [1.29, 1.82) is 0 Å². The monoisotopic (exact) mass is 219 g/mol. The molecule has 5 atom stereocenters. The average Bonchev–Trinajstić information content (AvgIpc) is 2.90. The number of nitrogens with one attached hydrogen (secondary N) is 1. The maximum atomic E-state index is 10.8. The number of hydrogen-bond acceptors (Lipinski definition) is 6. The lowest BCUT2D eigenvalue weighted by atomic mass is 9.97. The van der Waals surface area contributed by atoms with Crippen LogP contribution in [0.3, 0.4) is 0 Å². The molecule has 86 valence electrons. The highest BCUT2D eigenvalue weighted by Gasteiger charge is 2.62. The molecule has 0 saturated carbocycles. The standard InChI is InChI=1S/C8H13NO6/c1-3(10)9-4-5(11)6(12)8(2-14-8)15-7(4)13/h4-7,11-13H,2H2,1H3,(H,9,10)/t4-,5-,6-,7-,8-/m1/s1. The first-order chi connectivity index (χ1) is 6.96. The van der Waals surface area contributed by atoms with Crippen LogP contribution in [0, 0.1) is 0 Å². The summed E-state index contributed by atoms with van der Waals surface area (Å²) in [5.41, 5.74) is 0. The van der Waals surface area contributed by atoms with Crippen LogP contribution in [0.4, 0.5) is 0 Å². The molecule has 0 aliphatic carbocycles. The zero-order valence-corrected chi connectivity index (χ0v) is 8.08. The fourth-order valence-electron chi connectivity index (χ4n) is 1.67. The number of rotatable bonds is 1. The highest BCUT2D eigenvalue weighted by Crippen LogP contribution is 2.39. The number of hydrogen-bond donors (Lipinski definition) is 4. The van der Waals surface area contributed by atoms with Gasteiger partial charge >= 0.3 is 0 Å². The number of carbonyl (C=O) groups excluding carboxylic acids is 1. The molecule has 2 rings (SSSR count). The summed E-state index contributed by atoms with van der Waals surface area (Å²) in [6, 6.07) is -1.05. The van der Waals surface area contributed by atoms with Gasteiger partial charge in [0.15, 0.2) is 6.29 Å². The van der Waals surface area contributed by atoms with E-state index in [1.54, 1.807) is 0 Å². The van der Waals surface area contributed by atoms with Crippen LogP contribution in [0.25, 0.3) is 0 Å². The molecule has 0 bridgehead atoms. The Morgan fingerprint density at radius 3 is 2.53 bits per heavy atom. The third-order valence-electron chi connectivity index (χ3n) is 2.57. The Bertz CT molecular complexity index is 278. The minimum Gasteiger partial charge on any atom is -0.388 e. The molecule has 1 amide bonds. The van der Waals surface area contributed by atoms with Gasteiger partial charge in [0.25, 0.3) is 0 Å². The lowest BCUT2D eigenvalue weighted by Gasteiger charge is -2.39. The fourth-order valence-corrected chi connectivity index (χ4v) is 1.67. The van der Waals surface area contributed by atoms with E-state index in [9.17, 15) is 20.1 Å². The van der Waals surface area contributed by atoms with Crippen molar-refractivity contribution in [1.82, 2.24) is 5.32 Å². The van der Waals surface area contributed by atoms with E-state index < -0.39 is 36.2 Å². The summed E-state index contributed by atoms with van der Waals surface area (Å²) in [6.45, 7) is 1.36. The molecule has 0 aromatic carbocycles. The van der Waals surface area contributed by atoms with E-state index in [0.29, 0.717) is 0 Å². The van der Waals surface area contributed by atoms with Crippen LogP contribution in [0.5, 0.6) is 0 Å². The third kappa shape index (κ3) is 1.72. The summed E-state index contributed by atoms with van der Waals surface area (Å²) >= 11 is 0. The van der Waals surface area contributed by atoms with Crippen LogP contribution < -0.4 is 5.32 Å². The van der Waals surface area contributed by atoms with Crippen molar-refractivity contribution < 1.29 is 29.6 Å². The zero-order valence-electron chi connectivity index (χ0n) is 8.08. The first-order valence-corrected chi connectivity index (χ1v) is 4.59. The van der Waals surface area contributed by atoms with Crippen molar-refractivity contribution in [2.75, 3.05) is 6.61 Å². The Kier molecular flexibility index (Phi) is 2.44. The normalized spacial score (nSPS) is 49.1. The second kappa shape index (κ2) is 3.39. The molecule has 7 nitrogen and oxygen atoms in total. The molecule has 2 aliphatic rings. The number of aliphatic hydroxyl groups excluding tert-OH is 3. The predicted octanol–water partition coefficient (Wildman–Crippen LogP) is -2.71. The quantitative estimate of drug-likeness (QED) is 0.357. The minimum atomic E-state index is -1.39. The smallest absolute Gasteiger partial charge is 0.224 e. The topological polar surface area (TPSA) is 112 Å². The van der Waals surface area contributed by atoms with E-state index in [1.807, 2.05) is 0 Å². The van der Waals surface area contributed by atoms with Gasteiger partial charge in [-0.25, -0.2) is 0 Å². The van der Waals surface area contributed by atoms with Gasteiger partial charge in [-0.2, -0.15) is 0 Å². The van der Waals surface area contributed by atoms with E-state index in [1.165, 1.54) is 6.92 Å². The van der Waals surface area contributed by atoms with Crippen molar-refractivity contribution in [3.05, 3.63) is 0 Å². The highest BCUT2D eigenvalue weighted by atomic mass is 16.8. The van der Waals surface area contributed by atoms with Gasteiger partial charge in [-0.05, 0) is 0 Å². The van der Waals surface area contributed by atoms with Gasteiger partial charge in [-0.3, -0.25) is 4.79 Å². The van der Waals surface area contributed by atoms with E-state index in [-0.39, 0.29) is 6.61 Å². The van der Waals surface area contributed by atoms with Gasteiger partial charge < -0.3 is 30.1 Å². The van der Waals surface area contributed by atoms with Crippen molar-refractivity contribution in [3.8, 4) is 0 Å². The van der Waals surface area contributed by atoms with Gasteiger partial charge in [-0.1, -0.05) is 0 Å². The number of ether oxygens (including phenoxy) is 2. The molecule has 15 heavy (non-hydrogen) atoms. The van der Waals surface area contributed by atoms with Crippen LogP contribution in [0.1, 0.15) is 6.92 Å².